The second-order valence-corrected chi connectivity index (χ2v) is 6.07. The van der Waals surface area contributed by atoms with Gasteiger partial charge in [-0.2, -0.15) is 0 Å². The van der Waals surface area contributed by atoms with E-state index in [0.717, 1.165) is 5.56 Å². The number of aliphatic hydroxyl groups excluding tert-OH is 2. The Morgan fingerprint density at radius 1 is 1.23 bits per heavy atom. The summed E-state index contributed by atoms with van der Waals surface area (Å²) in [6.07, 6.45) is -2.85. The van der Waals surface area contributed by atoms with Gasteiger partial charge < -0.3 is 25.0 Å². The Labute approximate surface area is 131 Å². The summed E-state index contributed by atoms with van der Waals surface area (Å²) in [7, 11) is 1.61. The minimum atomic E-state index is -1.12. The standard InChI is InChI=1S/C16H25NO5/c1-16(2,3)22-15(20)17-9-13(18)14(19)12-7-5-11(6-8-12)10-21-4/h5-8,13-14,18-19H,9-10H2,1-4H3,(H,17,20). The summed E-state index contributed by atoms with van der Waals surface area (Å²) < 4.78 is 10.1. The van der Waals surface area contributed by atoms with Crippen LogP contribution in [0, 0.1) is 0 Å². The van der Waals surface area contributed by atoms with Crippen LogP contribution in [0.3, 0.4) is 0 Å². The highest BCUT2D eigenvalue weighted by molar-refractivity contribution is 5.67. The molecule has 2 unspecified atom stereocenters. The van der Waals surface area contributed by atoms with Gasteiger partial charge in [0.25, 0.3) is 0 Å². The molecule has 1 rings (SSSR count). The van der Waals surface area contributed by atoms with Crippen LogP contribution in [0.1, 0.15) is 38.0 Å². The van der Waals surface area contributed by atoms with Gasteiger partial charge in [-0.05, 0) is 31.9 Å². The number of alkyl carbamates (subject to hydrolysis) is 1. The van der Waals surface area contributed by atoms with Gasteiger partial charge in [0, 0.05) is 13.7 Å². The second kappa shape index (κ2) is 8.12. The van der Waals surface area contributed by atoms with Crippen molar-refractivity contribution in [3.63, 3.8) is 0 Å². The van der Waals surface area contributed by atoms with E-state index in [1.165, 1.54) is 0 Å². The van der Waals surface area contributed by atoms with Gasteiger partial charge >= 0.3 is 6.09 Å². The second-order valence-electron chi connectivity index (χ2n) is 6.07. The van der Waals surface area contributed by atoms with Crippen molar-refractivity contribution in [1.29, 1.82) is 0 Å². The predicted octanol–water partition coefficient (Wildman–Crippen LogP) is 1.75. The number of carbonyl (C=O) groups excluding carboxylic acids is 1. The number of aliphatic hydroxyl groups is 2. The van der Waals surface area contributed by atoms with Crippen LogP contribution in [0.4, 0.5) is 4.79 Å². The van der Waals surface area contributed by atoms with Crippen LogP contribution in [-0.4, -0.2) is 41.7 Å². The van der Waals surface area contributed by atoms with E-state index >= 15 is 0 Å². The Bertz CT molecular complexity index is 466. The molecule has 1 aromatic rings. The number of rotatable bonds is 6. The maximum absolute atomic E-state index is 11.5. The van der Waals surface area contributed by atoms with Crippen LogP contribution in [0.25, 0.3) is 0 Å². The van der Waals surface area contributed by atoms with Crippen LogP contribution in [0.15, 0.2) is 24.3 Å². The van der Waals surface area contributed by atoms with Crippen LogP contribution in [0.2, 0.25) is 0 Å². The van der Waals surface area contributed by atoms with Crippen LogP contribution in [0.5, 0.6) is 0 Å². The molecule has 0 heterocycles. The molecular weight excluding hydrogens is 286 g/mol. The first-order valence-corrected chi connectivity index (χ1v) is 7.13. The molecule has 0 bridgehead atoms. The van der Waals surface area contributed by atoms with Crippen molar-refractivity contribution < 1.29 is 24.5 Å². The summed E-state index contributed by atoms with van der Waals surface area (Å²) in [5, 5.41) is 22.5. The van der Waals surface area contributed by atoms with Crippen molar-refractivity contribution in [2.24, 2.45) is 0 Å². The minimum absolute atomic E-state index is 0.101. The SMILES string of the molecule is COCc1ccc(C(O)C(O)CNC(=O)OC(C)(C)C)cc1. The van der Waals surface area contributed by atoms with Gasteiger partial charge in [0.1, 0.15) is 17.8 Å². The summed E-state index contributed by atoms with van der Waals surface area (Å²) in [6.45, 7) is 5.63. The number of nitrogens with one attached hydrogen (secondary N) is 1. The summed E-state index contributed by atoms with van der Waals surface area (Å²) >= 11 is 0. The Balaban J connectivity index is 2.50. The average molecular weight is 311 g/mol. The molecule has 1 aromatic carbocycles. The Hall–Kier alpha value is -1.63. The quantitative estimate of drug-likeness (QED) is 0.745. The summed E-state index contributed by atoms with van der Waals surface area (Å²) in [5.74, 6) is 0. The molecule has 6 heteroatoms. The topological polar surface area (TPSA) is 88.0 Å². The van der Waals surface area contributed by atoms with Crippen LogP contribution < -0.4 is 5.32 Å². The normalized spacial score (nSPS) is 14.3. The Morgan fingerprint density at radius 3 is 2.32 bits per heavy atom. The highest BCUT2D eigenvalue weighted by Gasteiger charge is 2.21. The molecule has 1 amide bonds. The van der Waals surface area contributed by atoms with Gasteiger partial charge in [-0.25, -0.2) is 4.79 Å². The van der Waals surface area contributed by atoms with E-state index in [2.05, 4.69) is 5.32 Å². The fourth-order valence-electron chi connectivity index (χ4n) is 1.81. The molecule has 0 spiro atoms. The van der Waals surface area contributed by atoms with Gasteiger partial charge in [-0.1, -0.05) is 24.3 Å². The van der Waals surface area contributed by atoms with Gasteiger partial charge in [0.2, 0.25) is 0 Å². The van der Waals surface area contributed by atoms with Crippen molar-refractivity contribution in [3.8, 4) is 0 Å². The van der Waals surface area contributed by atoms with Crippen molar-refractivity contribution >= 4 is 6.09 Å². The van der Waals surface area contributed by atoms with E-state index in [4.69, 9.17) is 9.47 Å². The molecule has 22 heavy (non-hydrogen) atoms. The molecule has 0 radical (unpaired) electrons. The minimum Gasteiger partial charge on any atom is -0.444 e. The zero-order valence-corrected chi connectivity index (χ0v) is 13.5. The van der Waals surface area contributed by atoms with Crippen molar-refractivity contribution in [2.45, 2.75) is 45.2 Å². The molecule has 0 aliphatic heterocycles. The largest absolute Gasteiger partial charge is 0.444 e. The molecule has 3 N–H and O–H groups in total. The lowest BCUT2D eigenvalue weighted by molar-refractivity contribution is 0.0129. The average Bonchev–Trinajstić information content (AvgIpc) is 2.43. The highest BCUT2D eigenvalue weighted by atomic mass is 16.6. The number of methoxy groups -OCH3 is 1. The van der Waals surface area contributed by atoms with Crippen molar-refractivity contribution in [3.05, 3.63) is 35.4 Å². The Morgan fingerprint density at radius 2 is 1.82 bits per heavy atom. The van der Waals surface area contributed by atoms with E-state index in [1.807, 2.05) is 12.1 Å². The van der Waals surface area contributed by atoms with Gasteiger partial charge in [-0.3, -0.25) is 0 Å². The third kappa shape index (κ3) is 6.43. The number of hydrogen-bond donors (Lipinski definition) is 3. The third-order valence-corrected chi connectivity index (χ3v) is 2.85. The zero-order valence-electron chi connectivity index (χ0n) is 13.5. The number of amides is 1. The first kappa shape index (κ1) is 18.4. The van der Waals surface area contributed by atoms with E-state index in [-0.39, 0.29) is 6.54 Å². The Kier molecular flexibility index (Phi) is 6.80. The van der Waals surface area contributed by atoms with Crippen LogP contribution in [-0.2, 0) is 16.1 Å². The fourth-order valence-corrected chi connectivity index (χ4v) is 1.81. The first-order chi connectivity index (χ1) is 10.2. The third-order valence-electron chi connectivity index (χ3n) is 2.85. The van der Waals surface area contributed by atoms with Crippen molar-refractivity contribution in [1.82, 2.24) is 5.32 Å². The maximum atomic E-state index is 11.5. The fraction of sp³-hybridized carbons (Fsp3) is 0.562. The molecule has 0 fully saturated rings. The highest BCUT2D eigenvalue weighted by Crippen LogP contribution is 2.18. The molecule has 0 saturated heterocycles. The van der Waals surface area contributed by atoms with Crippen molar-refractivity contribution in [2.75, 3.05) is 13.7 Å². The lowest BCUT2D eigenvalue weighted by Crippen LogP contribution is -2.38. The first-order valence-electron chi connectivity index (χ1n) is 7.13. The van der Waals surface area contributed by atoms with E-state index in [0.29, 0.717) is 12.2 Å². The molecule has 0 saturated carbocycles. The van der Waals surface area contributed by atoms with Crippen LogP contribution >= 0.6 is 0 Å². The van der Waals surface area contributed by atoms with E-state index in [1.54, 1.807) is 40.0 Å². The molecule has 0 aliphatic rings. The van der Waals surface area contributed by atoms with Gasteiger partial charge in [-0.15, -0.1) is 0 Å². The monoisotopic (exact) mass is 311 g/mol. The zero-order chi connectivity index (χ0) is 16.8. The van der Waals surface area contributed by atoms with E-state index in [9.17, 15) is 15.0 Å². The number of benzene rings is 1. The molecule has 6 nitrogen and oxygen atoms in total. The summed E-state index contributed by atoms with van der Waals surface area (Å²) in [6, 6.07) is 7.07. The summed E-state index contributed by atoms with van der Waals surface area (Å²) in [4.78, 5) is 11.5. The molecule has 2 atom stereocenters. The molecule has 124 valence electrons. The lowest BCUT2D eigenvalue weighted by atomic mass is 10.0. The lowest BCUT2D eigenvalue weighted by Gasteiger charge is -2.22. The molecule has 0 aliphatic carbocycles. The maximum Gasteiger partial charge on any atom is 0.407 e. The van der Waals surface area contributed by atoms with E-state index < -0.39 is 23.9 Å². The number of hydrogen-bond acceptors (Lipinski definition) is 5. The summed E-state index contributed by atoms with van der Waals surface area (Å²) in [5.41, 5.74) is 0.934. The number of carbonyl (C=O) groups is 1. The number of ether oxygens (including phenoxy) is 2. The predicted molar refractivity (Wildman–Crippen MR) is 82.4 cm³/mol. The molecule has 0 aromatic heterocycles. The van der Waals surface area contributed by atoms with Gasteiger partial charge in [0.15, 0.2) is 0 Å². The smallest absolute Gasteiger partial charge is 0.407 e. The van der Waals surface area contributed by atoms with Gasteiger partial charge in [0.05, 0.1) is 6.61 Å². The molecular formula is C16H25NO5.